The number of nitrogens with zero attached hydrogens (tertiary/aromatic N) is 1. The third-order valence-corrected chi connectivity index (χ3v) is 3.75. The van der Waals surface area contributed by atoms with Crippen molar-refractivity contribution < 1.29 is 14.7 Å². The lowest BCUT2D eigenvalue weighted by molar-refractivity contribution is 0.0697. The highest BCUT2D eigenvalue weighted by atomic mass is 16.4. The van der Waals surface area contributed by atoms with Crippen LogP contribution in [0.4, 0.5) is 4.79 Å². The molecule has 108 valence electrons. The van der Waals surface area contributed by atoms with Gasteiger partial charge < -0.3 is 15.3 Å². The molecule has 0 unspecified atom stereocenters. The Morgan fingerprint density at radius 1 is 1.30 bits per heavy atom. The molecule has 1 aliphatic rings. The van der Waals surface area contributed by atoms with Gasteiger partial charge in [-0.1, -0.05) is 18.6 Å². The zero-order chi connectivity index (χ0) is 14.5. The lowest BCUT2D eigenvalue weighted by Gasteiger charge is -2.30. The number of aromatic carboxylic acids is 1. The molecule has 5 nitrogen and oxygen atoms in total. The summed E-state index contributed by atoms with van der Waals surface area (Å²) in [6, 6.07) is 6.44. The lowest BCUT2D eigenvalue weighted by Crippen LogP contribution is -2.40. The number of carbonyl (C=O) groups excluding carboxylic acids is 1. The number of amides is 2. The summed E-state index contributed by atoms with van der Waals surface area (Å²) in [5, 5.41) is 11.6. The minimum absolute atomic E-state index is 0.0841. The highest BCUT2D eigenvalue weighted by Crippen LogP contribution is 2.26. The van der Waals surface area contributed by atoms with Gasteiger partial charge in [0.25, 0.3) is 0 Å². The Hall–Kier alpha value is -2.04. The summed E-state index contributed by atoms with van der Waals surface area (Å²) in [7, 11) is 1.81. The normalized spacial score (nSPS) is 14.4. The van der Waals surface area contributed by atoms with Crippen LogP contribution in [0.3, 0.4) is 0 Å². The third-order valence-electron chi connectivity index (χ3n) is 3.75. The van der Waals surface area contributed by atoms with Gasteiger partial charge in [0.05, 0.1) is 5.56 Å². The molecular weight excluding hydrogens is 256 g/mol. The zero-order valence-electron chi connectivity index (χ0n) is 11.6. The quantitative estimate of drug-likeness (QED) is 0.867. The number of benzene rings is 1. The molecule has 1 fully saturated rings. The number of rotatable bonds is 5. The maximum Gasteiger partial charge on any atom is 0.335 e. The molecule has 0 aliphatic heterocycles. The van der Waals surface area contributed by atoms with Gasteiger partial charge in [0.2, 0.25) is 0 Å². The van der Waals surface area contributed by atoms with Gasteiger partial charge in [-0.05, 0) is 36.5 Å². The maximum absolute atomic E-state index is 11.9. The standard InChI is InChI=1S/C15H20N2O3/c1-17(10-12-3-2-4-12)15(20)16-9-11-5-7-13(8-6-11)14(18)19/h5-8,12H,2-4,9-10H2,1H3,(H,16,20)(H,18,19). The molecule has 2 rings (SSSR count). The van der Waals surface area contributed by atoms with E-state index in [0.29, 0.717) is 12.5 Å². The summed E-state index contributed by atoms with van der Waals surface area (Å²) in [5.74, 6) is -0.290. The molecule has 2 amide bonds. The molecular formula is C15H20N2O3. The minimum Gasteiger partial charge on any atom is -0.478 e. The van der Waals surface area contributed by atoms with E-state index in [1.165, 1.54) is 19.3 Å². The molecule has 5 heteroatoms. The van der Waals surface area contributed by atoms with Crippen LogP contribution in [0.25, 0.3) is 0 Å². The smallest absolute Gasteiger partial charge is 0.335 e. The van der Waals surface area contributed by atoms with E-state index in [0.717, 1.165) is 12.1 Å². The molecule has 0 bridgehead atoms. The fourth-order valence-electron chi connectivity index (χ4n) is 2.22. The summed E-state index contributed by atoms with van der Waals surface area (Å²) in [4.78, 5) is 24.3. The van der Waals surface area contributed by atoms with Crippen LogP contribution in [0.15, 0.2) is 24.3 Å². The van der Waals surface area contributed by atoms with Crippen molar-refractivity contribution in [2.75, 3.05) is 13.6 Å². The molecule has 1 aromatic carbocycles. The van der Waals surface area contributed by atoms with Crippen molar-refractivity contribution in [2.24, 2.45) is 5.92 Å². The van der Waals surface area contributed by atoms with Gasteiger partial charge in [-0.25, -0.2) is 9.59 Å². The first-order chi connectivity index (χ1) is 9.56. The molecule has 1 aliphatic carbocycles. The Kier molecular flexibility index (Phi) is 4.61. The van der Waals surface area contributed by atoms with E-state index in [1.807, 2.05) is 0 Å². The van der Waals surface area contributed by atoms with Crippen LogP contribution in [0, 0.1) is 5.92 Å². The molecule has 0 radical (unpaired) electrons. The van der Waals surface area contributed by atoms with Crippen LogP contribution in [0.5, 0.6) is 0 Å². The molecule has 0 saturated heterocycles. The first-order valence-electron chi connectivity index (χ1n) is 6.87. The average molecular weight is 276 g/mol. The second kappa shape index (κ2) is 6.41. The summed E-state index contributed by atoms with van der Waals surface area (Å²) in [5.41, 5.74) is 1.14. The summed E-state index contributed by atoms with van der Waals surface area (Å²) < 4.78 is 0. The van der Waals surface area contributed by atoms with Gasteiger partial charge in [-0.2, -0.15) is 0 Å². The highest BCUT2D eigenvalue weighted by molar-refractivity contribution is 5.87. The number of nitrogens with one attached hydrogen (secondary N) is 1. The van der Waals surface area contributed by atoms with Crippen molar-refractivity contribution >= 4 is 12.0 Å². The number of hydrogen-bond acceptors (Lipinski definition) is 2. The zero-order valence-corrected chi connectivity index (χ0v) is 11.6. The second-order valence-corrected chi connectivity index (χ2v) is 5.34. The van der Waals surface area contributed by atoms with Gasteiger partial charge in [-0.15, -0.1) is 0 Å². The van der Waals surface area contributed by atoms with Gasteiger partial charge in [0, 0.05) is 20.1 Å². The molecule has 1 aromatic rings. The van der Waals surface area contributed by atoms with E-state index >= 15 is 0 Å². The monoisotopic (exact) mass is 276 g/mol. The van der Waals surface area contributed by atoms with Crippen LogP contribution >= 0.6 is 0 Å². The highest BCUT2D eigenvalue weighted by Gasteiger charge is 2.21. The van der Waals surface area contributed by atoms with Crippen molar-refractivity contribution in [1.82, 2.24) is 10.2 Å². The van der Waals surface area contributed by atoms with Gasteiger partial charge >= 0.3 is 12.0 Å². The van der Waals surface area contributed by atoms with E-state index in [4.69, 9.17) is 5.11 Å². The maximum atomic E-state index is 11.9. The first-order valence-corrected chi connectivity index (χ1v) is 6.87. The second-order valence-electron chi connectivity index (χ2n) is 5.34. The fraction of sp³-hybridized carbons (Fsp3) is 0.467. The Bertz CT molecular complexity index is 480. The van der Waals surface area contributed by atoms with Gasteiger partial charge in [0.1, 0.15) is 0 Å². The van der Waals surface area contributed by atoms with Crippen molar-refractivity contribution in [3.05, 3.63) is 35.4 Å². The molecule has 0 aromatic heterocycles. The average Bonchev–Trinajstić information content (AvgIpc) is 2.40. The number of carboxylic acids is 1. The van der Waals surface area contributed by atoms with Gasteiger partial charge in [-0.3, -0.25) is 0 Å². The Balaban J connectivity index is 1.78. The number of carbonyl (C=O) groups is 2. The fourth-order valence-corrected chi connectivity index (χ4v) is 2.22. The SMILES string of the molecule is CN(CC1CCC1)C(=O)NCc1ccc(C(=O)O)cc1. The van der Waals surface area contributed by atoms with E-state index in [-0.39, 0.29) is 11.6 Å². The van der Waals surface area contributed by atoms with Crippen LogP contribution < -0.4 is 5.32 Å². The molecule has 2 N–H and O–H groups in total. The number of carboxylic acid groups (broad SMARTS) is 1. The molecule has 0 atom stereocenters. The lowest BCUT2D eigenvalue weighted by atomic mass is 9.85. The predicted octanol–water partition coefficient (Wildman–Crippen LogP) is 2.33. The Morgan fingerprint density at radius 3 is 2.45 bits per heavy atom. The Labute approximate surface area is 118 Å². The van der Waals surface area contributed by atoms with E-state index in [1.54, 1.807) is 36.2 Å². The minimum atomic E-state index is -0.944. The number of hydrogen-bond donors (Lipinski definition) is 2. The molecule has 0 heterocycles. The van der Waals surface area contributed by atoms with Crippen molar-refractivity contribution in [2.45, 2.75) is 25.8 Å². The first kappa shape index (κ1) is 14.4. The van der Waals surface area contributed by atoms with Gasteiger partial charge in [0.15, 0.2) is 0 Å². The molecule has 1 saturated carbocycles. The number of urea groups is 1. The molecule has 0 spiro atoms. The van der Waals surface area contributed by atoms with Crippen LogP contribution in [-0.4, -0.2) is 35.6 Å². The van der Waals surface area contributed by atoms with E-state index in [9.17, 15) is 9.59 Å². The van der Waals surface area contributed by atoms with Crippen LogP contribution in [0.2, 0.25) is 0 Å². The topological polar surface area (TPSA) is 69.6 Å². The van der Waals surface area contributed by atoms with Crippen molar-refractivity contribution in [3.63, 3.8) is 0 Å². The van der Waals surface area contributed by atoms with E-state index in [2.05, 4.69) is 5.32 Å². The predicted molar refractivity (Wildman–Crippen MR) is 75.6 cm³/mol. The largest absolute Gasteiger partial charge is 0.478 e. The van der Waals surface area contributed by atoms with Crippen molar-refractivity contribution in [1.29, 1.82) is 0 Å². The van der Waals surface area contributed by atoms with Crippen molar-refractivity contribution in [3.8, 4) is 0 Å². The summed E-state index contributed by atoms with van der Waals surface area (Å²) >= 11 is 0. The van der Waals surface area contributed by atoms with Crippen LogP contribution in [-0.2, 0) is 6.54 Å². The van der Waals surface area contributed by atoms with Crippen LogP contribution in [0.1, 0.15) is 35.2 Å². The Morgan fingerprint density at radius 2 is 1.95 bits per heavy atom. The summed E-state index contributed by atoms with van der Waals surface area (Å²) in [6.07, 6.45) is 3.71. The van der Waals surface area contributed by atoms with E-state index < -0.39 is 5.97 Å². The summed E-state index contributed by atoms with van der Waals surface area (Å²) in [6.45, 7) is 1.22. The third kappa shape index (κ3) is 3.73. The molecule has 20 heavy (non-hydrogen) atoms.